The van der Waals surface area contributed by atoms with Crippen LogP contribution >= 0.6 is 0 Å². The minimum atomic E-state index is -0.313. The van der Waals surface area contributed by atoms with Gasteiger partial charge in [0.25, 0.3) is 0 Å². The van der Waals surface area contributed by atoms with E-state index in [0.29, 0.717) is 19.6 Å². The lowest BCUT2D eigenvalue weighted by atomic mass is 9.66. The minimum absolute atomic E-state index is 0.0111. The Kier molecular flexibility index (Phi) is 5.18. The van der Waals surface area contributed by atoms with Crippen LogP contribution in [0.15, 0.2) is 0 Å². The van der Waals surface area contributed by atoms with Crippen molar-refractivity contribution in [3.63, 3.8) is 0 Å². The van der Waals surface area contributed by atoms with Gasteiger partial charge in [0.1, 0.15) is 0 Å². The molecule has 0 saturated heterocycles. The van der Waals surface area contributed by atoms with Crippen molar-refractivity contribution in [2.24, 2.45) is 11.1 Å². The normalized spacial score (nSPS) is 19.9. The molecule has 5 nitrogen and oxygen atoms in total. The van der Waals surface area contributed by atoms with Crippen LogP contribution < -0.4 is 11.1 Å². The van der Waals surface area contributed by atoms with E-state index in [9.17, 15) is 4.79 Å². The van der Waals surface area contributed by atoms with Gasteiger partial charge in [-0.3, -0.25) is 4.79 Å². The van der Waals surface area contributed by atoms with Crippen LogP contribution in [0.25, 0.3) is 0 Å². The molecular weight excluding hydrogens is 208 g/mol. The molecule has 0 aliphatic heterocycles. The third-order valence-electron chi connectivity index (χ3n) is 3.34. The average molecular weight is 230 g/mol. The number of aliphatic hydroxyl groups excluding tert-OH is 1. The van der Waals surface area contributed by atoms with Gasteiger partial charge in [-0.25, -0.2) is 0 Å². The van der Waals surface area contributed by atoms with Crippen molar-refractivity contribution in [3.8, 4) is 0 Å². The van der Waals surface area contributed by atoms with Gasteiger partial charge in [-0.15, -0.1) is 0 Å². The molecule has 1 fully saturated rings. The fourth-order valence-corrected chi connectivity index (χ4v) is 2.09. The van der Waals surface area contributed by atoms with Gasteiger partial charge in [0, 0.05) is 13.5 Å². The van der Waals surface area contributed by atoms with E-state index >= 15 is 0 Å². The third-order valence-corrected chi connectivity index (χ3v) is 3.34. The quantitative estimate of drug-likeness (QED) is 0.557. The third kappa shape index (κ3) is 3.43. The van der Waals surface area contributed by atoms with Crippen LogP contribution in [0.5, 0.6) is 0 Å². The molecule has 94 valence electrons. The van der Waals surface area contributed by atoms with E-state index in [1.54, 1.807) is 7.11 Å². The molecule has 0 radical (unpaired) electrons. The van der Waals surface area contributed by atoms with Gasteiger partial charge >= 0.3 is 0 Å². The van der Waals surface area contributed by atoms with Gasteiger partial charge in [0.05, 0.1) is 19.3 Å². The minimum Gasteiger partial charge on any atom is -0.394 e. The average Bonchev–Trinajstić information content (AvgIpc) is 2.23. The monoisotopic (exact) mass is 230 g/mol. The first-order chi connectivity index (χ1) is 7.65. The lowest BCUT2D eigenvalue weighted by Gasteiger charge is -2.40. The molecule has 0 aromatic heterocycles. The largest absolute Gasteiger partial charge is 0.394 e. The molecule has 5 heteroatoms. The molecule has 0 heterocycles. The van der Waals surface area contributed by atoms with Crippen molar-refractivity contribution in [2.75, 3.05) is 26.9 Å². The van der Waals surface area contributed by atoms with E-state index in [0.717, 1.165) is 19.3 Å². The summed E-state index contributed by atoms with van der Waals surface area (Å²) in [5.41, 5.74) is 5.70. The number of rotatable bonds is 7. The predicted octanol–water partition coefficient (Wildman–Crippen LogP) is -0.371. The number of ether oxygens (including phenoxy) is 1. The highest BCUT2D eigenvalue weighted by molar-refractivity contribution is 5.77. The molecule has 0 spiro atoms. The zero-order valence-electron chi connectivity index (χ0n) is 9.87. The number of aliphatic hydroxyl groups is 1. The van der Waals surface area contributed by atoms with E-state index in [2.05, 4.69) is 5.32 Å². The van der Waals surface area contributed by atoms with Crippen LogP contribution in [0, 0.1) is 5.41 Å². The molecule has 1 aliphatic rings. The second kappa shape index (κ2) is 6.18. The summed E-state index contributed by atoms with van der Waals surface area (Å²) in [5, 5.41) is 11.8. The van der Waals surface area contributed by atoms with E-state index in [1.165, 1.54) is 0 Å². The molecule has 0 aromatic carbocycles. The van der Waals surface area contributed by atoms with Crippen molar-refractivity contribution in [1.82, 2.24) is 5.32 Å². The summed E-state index contributed by atoms with van der Waals surface area (Å²) >= 11 is 0. The van der Waals surface area contributed by atoms with Gasteiger partial charge in [-0.2, -0.15) is 0 Å². The second-order valence-electron chi connectivity index (χ2n) is 4.64. The Bertz CT molecular complexity index is 224. The Hall–Kier alpha value is -0.650. The van der Waals surface area contributed by atoms with E-state index in [4.69, 9.17) is 15.6 Å². The number of hydrogen-bond donors (Lipinski definition) is 3. The molecule has 4 N–H and O–H groups in total. The summed E-state index contributed by atoms with van der Waals surface area (Å²) in [7, 11) is 1.54. The first kappa shape index (κ1) is 13.4. The first-order valence-corrected chi connectivity index (χ1v) is 5.75. The summed E-state index contributed by atoms with van der Waals surface area (Å²) in [6.07, 6.45) is 3.69. The van der Waals surface area contributed by atoms with Crippen molar-refractivity contribution in [2.45, 2.75) is 31.7 Å². The molecule has 1 amide bonds. The number of nitrogens with two attached hydrogens (primary N) is 1. The standard InChI is InChI=1S/C11H22N2O3/c1-16-7-9(6-14)13-10(15)5-11(8-12)3-2-4-11/h9,14H,2-8,12H2,1H3,(H,13,15). The van der Waals surface area contributed by atoms with E-state index in [1.807, 2.05) is 0 Å². The summed E-state index contributed by atoms with van der Waals surface area (Å²) < 4.78 is 4.89. The fraction of sp³-hybridized carbons (Fsp3) is 0.909. The smallest absolute Gasteiger partial charge is 0.220 e. The van der Waals surface area contributed by atoms with E-state index < -0.39 is 0 Å². The lowest BCUT2D eigenvalue weighted by molar-refractivity contribution is -0.126. The van der Waals surface area contributed by atoms with Gasteiger partial charge in [0.15, 0.2) is 0 Å². The van der Waals surface area contributed by atoms with Crippen LogP contribution in [0.4, 0.5) is 0 Å². The number of carbonyl (C=O) groups is 1. The zero-order chi connectivity index (χ0) is 12.0. The van der Waals surface area contributed by atoms with Gasteiger partial charge in [0.2, 0.25) is 5.91 Å². The van der Waals surface area contributed by atoms with Crippen LogP contribution in [-0.2, 0) is 9.53 Å². The van der Waals surface area contributed by atoms with Crippen LogP contribution in [0.1, 0.15) is 25.7 Å². The fourth-order valence-electron chi connectivity index (χ4n) is 2.09. The zero-order valence-corrected chi connectivity index (χ0v) is 9.87. The highest BCUT2D eigenvalue weighted by Gasteiger charge is 2.37. The Morgan fingerprint density at radius 3 is 2.69 bits per heavy atom. The van der Waals surface area contributed by atoms with Gasteiger partial charge < -0.3 is 20.9 Å². The molecule has 0 bridgehead atoms. The van der Waals surface area contributed by atoms with Crippen LogP contribution in [-0.4, -0.2) is 43.9 Å². The Balaban J connectivity index is 2.34. The summed E-state index contributed by atoms with van der Waals surface area (Å²) in [6.45, 7) is 0.793. The molecule has 1 aliphatic carbocycles. The molecule has 1 rings (SSSR count). The highest BCUT2D eigenvalue weighted by Crippen LogP contribution is 2.42. The molecule has 1 saturated carbocycles. The maximum atomic E-state index is 11.7. The maximum Gasteiger partial charge on any atom is 0.220 e. The Morgan fingerprint density at radius 2 is 2.31 bits per heavy atom. The topological polar surface area (TPSA) is 84.6 Å². The maximum absolute atomic E-state index is 11.7. The summed E-state index contributed by atoms with van der Waals surface area (Å²) in [6, 6.07) is -0.313. The van der Waals surface area contributed by atoms with Crippen LogP contribution in [0.2, 0.25) is 0 Å². The van der Waals surface area contributed by atoms with Crippen molar-refractivity contribution < 1.29 is 14.6 Å². The lowest BCUT2D eigenvalue weighted by Crippen LogP contribution is -2.46. The Labute approximate surface area is 96.3 Å². The SMILES string of the molecule is COCC(CO)NC(=O)CC1(CN)CCC1. The van der Waals surface area contributed by atoms with Crippen molar-refractivity contribution >= 4 is 5.91 Å². The van der Waals surface area contributed by atoms with Gasteiger partial charge in [-0.1, -0.05) is 6.42 Å². The summed E-state index contributed by atoms with van der Waals surface area (Å²) in [4.78, 5) is 11.7. The first-order valence-electron chi connectivity index (χ1n) is 5.75. The molecule has 1 atom stereocenters. The molecule has 16 heavy (non-hydrogen) atoms. The number of hydrogen-bond acceptors (Lipinski definition) is 4. The Morgan fingerprint density at radius 1 is 1.62 bits per heavy atom. The van der Waals surface area contributed by atoms with Crippen molar-refractivity contribution in [1.29, 1.82) is 0 Å². The number of nitrogens with one attached hydrogen (secondary N) is 1. The van der Waals surface area contributed by atoms with E-state index in [-0.39, 0.29) is 24.0 Å². The van der Waals surface area contributed by atoms with Crippen LogP contribution in [0.3, 0.4) is 0 Å². The van der Waals surface area contributed by atoms with Crippen molar-refractivity contribution in [3.05, 3.63) is 0 Å². The highest BCUT2D eigenvalue weighted by atomic mass is 16.5. The van der Waals surface area contributed by atoms with Gasteiger partial charge in [-0.05, 0) is 24.8 Å². The molecule has 0 aromatic rings. The number of methoxy groups -OCH3 is 1. The molecular formula is C11H22N2O3. The number of amides is 1. The second-order valence-corrected chi connectivity index (χ2v) is 4.64. The summed E-state index contributed by atoms with van der Waals surface area (Å²) in [5.74, 6) is -0.0405. The molecule has 1 unspecified atom stereocenters. The predicted molar refractivity (Wildman–Crippen MR) is 60.8 cm³/mol. The number of carbonyl (C=O) groups excluding carboxylic acids is 1.